The third-order valence-electron chi connectivity index (χ3n) is 10.4. The molecule has 1 aliphatic carbocycles. The smallest absolute Gasteiger partial charge is 0.0552 e. The van der Waals surface area contributed by atoms with Gasteiger partial charge in [0.2, 0.25) is 0 Å². The van der Waals surface area contributed by atoms with Crippen LogP contribution in [0.5, 0.6) is 0 Å². The second-order valence-electron chi connectivity index (χ2n) is 13.3. The number of anilines is 3. The largest absolute Gasteiger partial charge is 0.309 e. The highest BCUT2D eigenvalue weighted by Gasteiger charge is 2.38. The predicted octanol–water partition coefficient (Wildman–Crippen LogP) is 13.3. The summed E-state index contributed by atoms with van der Waals surface area (Å²) < 4.78 is 2.64. The molecular weight excluding hydrogens is 587 g/mol. The van der Waals surface area contributed by atoms with Gasteiger partial charge in [0, 0.05) is 42.2 Å². The van der Waals surface area contributed by atoms with Gasteiger partial charge in [0.1, 0.15) is 0 Å². The highest BCUT2D eigenvalue weighted by Crippen LogP contribution is 2.55. The fourth-order valence-electron chi connectivity index (χ4n) is 8.22. The van der Waals surface area contributed by atoms with Gasteiger partial charge < -0.3 is 4.90 Å². The zero-order valence-electron chi connectivity index (χ0n) is 26.3. The van der Waals surface area contributed by atoms with E-state index in [0.717, 1.165) is 0 Å². The first-order chi connectivity index (χ1) is 23.1. The summed E-state index contributed by atoms with van der Waals surface area (Å²) in [5.74, 6) is 0. The predicted molar refractivity (Wildman–Crippen MR) is 204 cm³/mol. The van der Waals surface area contributed by atoms with Crippen LogP contribution in [-0.4, -0.2) is 0 Å². The second-order valence-corrected chi connectivity index (χ2v) is 14.4. The summed E-state index contributed by atoms with van der Waals surface area (Å²) in [5, 5.41) is 10.2. The van der Waals surface area contributed by atoms with E-state index in [4.69, 9.17) is 0 Å². The molecule has 0 saturated heterocycles. The van der Waals surface area contributed by atoms with Gasteiger partial charge in [-0.25, -0.2) is 0 Å². The van der Waals surface area contributed by atoms with Crippen molar-refractivity contribution in [2.45, 2.75) is 19.3 Å². The first-order valence-electron chi connectivity index (χ1n) is 16.4. The zero-order valence-corrected chi connectivity index (χ0v) is 27.1. The van der Waals surface area contributed by atoms with Gasteiger partial charge in [0.15, 0.2) is 0 Å². The Morgan fingerprint density at radius 1 is 0.468 bits per heavy atom. The van der Waals surface area contributed by atoms with Crippen LogP contribution >= 0.6 is 11.3 Å². The molecule has 0 unspecified atom stereocenters. The van der Waals surface area contributed by atoms with Crippen LogP contribution in [0, 0.1) is 0 Å². The molecule has 1 heterocycles. The average molecular weight is 618 g/mol. The van der Waals surface area contributed by atoms with Crippen LogP contribution in [0.15, 0.2) is 152 Å². The Kier molecular flexibility index (Phi) is 5.57. The highest BCUT2D eigenvalue weighted by atomic mass is 32.1. The number of hydrogen-bond donors (Lipinski definition) is 0. The molecule has 0 spiro atoms. The van der Waals surface area contributed by atoms with Crippen LogP contribution < -0.4 is 4.90 Å². The van der Waals surface area contributed by atoms with Gasteiger partial charge in [-0.3, -0.25) is 0 Å². The van der Waals surface area contributed by atoms with Crippen molar-refractivity contribution in [1.29, 1.82) is 0 Å². The van der Waals surface area contributed by atoms with Crippen LogP contribution in [0.4, 0.5) is 17.1 Å². The molecule has 0 bridgehead atoms. The average Bonchev–Trinajstić information content (AvgIpc) is 3.60. The lowest BCUT2D eigenvalue weighted by Crippen LogP contribution is -2.16. The Bertz CT molecular complexity index is 2730. The molecule has 0 fully saturated rings. The maximum Gasteiger partial charge on any atom is 0.0552 e. The summed E-state index contributed by atoms with van der Waals surface area (Å²) in [6.07, 6.45) is 0. The van der Waals surface area contributed by atoms with Gasteiger partial charge in [-0.15, -0.1) is 11.3 Å². The van der Waals surface area contributed by atoms with Gasteiger partial charge >= 0.3 is 0 Å². The van der Waals surface area contributed by atoms with E-state index in [-0.39, 0.29) is 5.41 Å². The minimum atomic E-state index is -0.0979. The van der Waals surface area contributed by atoms with E-state index < -0.39 is 0 Å². The summed E-state index contributed by atoms with van der Waals surface area (Å²) in [5.41, 5.74) is 8.89. The number of nitrogens with zero attached hydrogens (tertiary/aromatic N) is 1. The second kappa shape index (κ2) is 9.78. The van der Waals surface area contributed by atoms with E-state index in [1.165, 1.54) is 91.8 Å². The summed E-state index contributed by atoms with van der Waals surface area (Å²) in [6.45, 7) is 4.74. The van der Waals surface area contributed by atoms with Crippen LogP contribution in [0.2, 0.25) is 0 Å². The lowest BCUT2D eigenvalue weighted by atomic mass is 9.82. The number of benzene rings is 8. The van der Waals surface area contributed by atoms with Crippen molar-refractivity contribution in [2.24, 2.45) is 0 Å². The van der Waals surface area contributed by atoms with Crippen molar-refractivity contribution < 1.29 is 0 Å². The lowest BCUT2D eigenvalue weighted by Gasteiger charge is -2.31. The van der Waals surface area contributed by atoms with Crippen molar-refractivity contribution in [3.8, 4) is 11.1 Å². The Morgan fingerprint density at radius 2 is 1.17 bits per heavy atom. The van der Waals surface area contributed by atoms with Gasteiger partial charge in [-0.05, 0) is 80.0 Å². The number of thiophene rings is 1. The van der Waals surface area contributed by atoms with E-state index >= 15 is 0 Å². The maximum atomic E-state index is 2.56. The molecule has 47 heavy (non-hydrogen) atoms. The molecule has 1 nitrogen and oxygen atoms in total. The monoisotopic (exact) mass is 617 g/mol. The van der Waals surface area contributed by atoms with Crippen molar-refractivity contribution in [3.05, 3.63) is 163 Å². The minimum Gasteiger partial charge on any atom is -0.309 e. The molecule has 0 aliphatic heterocycles. The fourth-order valence-corrected chi connectivity index (χ4v) is 9.30. The molecule has 0 saturated carbocycles. The van der Waals surface area contributed by atoms with E-state index in [9.17, 15) is 0 Å². The SMILES string of the molecule is CC1(C)c2ccccc2-c2c(N(c3ccc4sc5ccccc5c4c3)c3cc4ccccc4c4ccc5ccccc5c34)cccc21. The van der Waals surface area contributed by atoms with E-state index in [2.05, 4.69) is 170 Å². The molecule has 0 amide bonds. The third kappa shape index (κ3) is 3.77. The first kappa shape index (κ1) is 26.7. The van der Waals surface area contributed by atoms with Gasteiger partial charge in [-0.1, -0.05) is 129 Å². The van der Waals surface area contributed by atoms with Crippen LogP contribution in [0.25, 0.3) is 63.6 Å². The molecule has 1 aliphatic rings. The molecule has 10 rings (SSSR count). The summed E-state index contributed by atoms with van der Waals surface area (Å²) in [6, 6.07) is 56.5. The Labute approximate surface area is 278 Å². The van der Waals surface area contributed by atoms with Gasteiger partial charge in [0.05, 0.1) is 11.4 Å². The normalized spacial score (nSPS) is 13.5. The molecule has 8 aromatic carbocycles. The molecular formula is C45H31NS. The topological polar surface area (TPSA) is 3.24 Å². The zero-order chi connectivity index (χ0) is 31.3. The quantitative estimate of drug-likeness (QED) is 0.178. The number of fused-ring (bicyclic) bond motifs is 11. The Hall–Kier alpha value is -5.44. The summed E-state index contributed by atoms with van der Waals surface area (Å²) >= 11 is 1.87. The van der Waals surface area contributed by atoms with Crippen molar-refractivity contribution in [2.75, 3.05) is 4.90 Å². The highest BCUT2D eigenvalue weighted by molar-refractivity contribution is 7.25. The van der Waals surface area contributed by atoms with Crippen molar-refractivity contribution >= 4 is 80.9 Å². The minimum absolute atomic E-state index is 0.0979. The Balaban J connectivity index is 1.38. The fraction of sp³-hybridized carbons (Fsp3) is 0.0667. The van der Waals surface area contributed by atoms with Crippen LogP contribution in [-0.2, 0) is 5.41 Å². The first-order valence-corrected chi connectivity index (χ1v) is 17.2. The number of hydrogen-bond acceptors (Lipinski definition) is 2. The lowest BCUT2D eigenvalue weighted by molar-refractivity contribution is 0.660. The maximum absolute atomic E-state index is 2.56. The van der Waals surface area contributed by atoms with Crippen LogP contribution in [0.1, 0.15) is 25.0 Å². The summed E-state index contributed by atoms with van der Waals surface area (Å²) in [4.78, 5) is 2.56. The van der Waals surface area contributed by atoms with E-state index in [1.54, 1.807) is 0 Å². The molecule has 0 atom stereocenters. The van der Waals surface area contributed by atoms with Crippen molar-refractivity contribution in [1.82, 2.24) is 0 Å². The third-order valence-corrected chi connectivity index (χ3v) is 11.6. The van der Waals surface area contributed by atoms with Crippen LogP contribution in [0.3, 0.4) is 0 Å². The molecule has 0 N–H and O–H groups in total. The van der Waals surface area contributed by atoms with E-state index in [0.29, 0.717) is 0 Å². The van der Waals surface area contributed by atoms with Crippen molar-refractivity contribution in [3.63, 3.8) is 0 Å². The van der Waals surface area contributed by atoms with Gasteiger partial charge in [-0.2, -0.15) is 0 Å². The standard InChI is InChI=1S/C45H31NS/c1-45(2)37-18-9-7-17-35(37)44-38(45)19-11-20-39(44)46(30-23-25-42-36(27-30)33-16-8-10-21-41(33)47-42)40-26-29-13-4-5-14-31(29)34-24-22-28-12-3-6-15-32(28)43(34)40/h3-27H,1-2H3. The summed E-state index contributed by atoms with van der Waals surface area (Å²) in [7, 11) is 0. The Morgan fingerprint density at radius 3 is 2.06 bits per heavy atom. The number of rotatable bonds is 3. The molecule has 9 aromatic rings. The van der Waals surface area contributed by atoms with E-state index in [1.807, 2.05) is 11.3 Å². The van der Waals surface area contributed by atoms with Gasteiger partial charge in [0.25, 0.3) is 0 Å². The molecule has 1 aromatic heterocycles. The molecule has 0 radical (unpaired) electrons. The molecule has 222 valence electrons. The molecule has 2 heteroatoms.